The predicted octanol–water partition coefficient (Wildman–Crippen LogP) is 3.94. The number of likely N-dealkylation sites (tertiary alicyclic amines) is 1. The molecule has 0 aliphatic carbocycles. The van der Waals surface area contributed by atoms with Crippen molar-refractivity contribution in [2.45, 2.75) is 19.0 Å². The molecule has 2 nitrogen and oxygen atoms in total. The molecule has 116 valence electrons. The summed E-state index contributed by atoms with van der Waals surface area (Å²) in [7, 11) is 0. The first-order valence-corrected chi connectivity index (χ1v) is 7.09. The molecule has 0 unspecified atom stereocenters. The van der Waals surface area contributed by atoms with Crippen molar-refractivity contribution in [2.24, 2.45) is 5.92 Å². The normalized spacial score (nSPS) is 17.1. The van der Waals surface area contributed by atoms with Gasteiger partial charge in [0.05, 0.1) is 11.1 Å². The third-order valence-electron chi connectivity index (χ3n) is 3.65. The van der Waals surface area contributed by atoms with Crippen molar-refractivity contribution in [1.29, 1.82) is 0 Å². The highest BCUT2D eigenvalue weighted by molar-refractivity contribution is 6.18. The van der Waals surface area contributed by atoms with E-state index >= 15 is 0 Å². The molecule has 1 amide bonds. The van der Waals surface area contributed by atoms with Crippen LogP contribution in [0.15, 0.2) is 18.2 Å². The van der Waals surface area contributed by atoms with Gasteiger partial charge in [0.2, 0.25) is 0 Å². The quantitative estimate of drug-likeness (QED) is 0.596. The minimum Gasteiger partial charge on any atom is -0.339 e. The predicted molar refractivity (Wildman–Crippen MR) is 70.7 cm³/mol. The van der Waals surface area contributed by atoms with Gasteiger partial charge in [0.1, 0.15) is 5.82 Å². The molecular weight excluding hydrogens is 310 g/mol. The minimum absolute atomic E-state index is 0.294. The van der Waals surface area contributed by atoms with E-state index in [0.29, 0.717) is 43.8 Å². The van der Waals surface area contributed by atoms with Crippen LogP contribution in [0.3, 0.4) is 0 Å². The summed E-state index contributed by atoms with van der Waals surface area (Å²) in [6.07, 6.45) is -3.46. The summed E-state index contributed by atoms with van der Waals surface area (Å²) in [5.74, 6) is -1.43. The lowest BCUT2D eigenvalue weighted by atomic mass is 9.98. The second-order valence-corrected chi connectivity index (χ2v) is 5.36. The van der Waals surface area contributed by atoms with Gasteiger partial charge in [-0.05, 0) is 30.9 Å². The number of nitrogens with zero attached hydrogens (tertiary/aromatic N) is 1. The molecule has 1 fully saturated rings. The Kier molecular flexibility index (Phi) is 4.76. The summed E-state index contributed by atoms with van der Waals surface area (Å²) in [6, 6.07) is 2.76. The second kappa shape index (κ2) is 6.22. The molecule has 1 aliphatic heterocycles. The van der Waals surface area contributed by atoms with E-state index in [0.717, 1.165) is 12.1 Å². The van der Waals surface area contributed by atoms with Gasteiger partial charge >= 0.3 is 6.18 Å². The zero-order chi connectivity index (χ0) is 15.6. The van der Waals surface area contributed by atoms with Crippen molar-refractivity contribution in [3.8, 4) is 0 Å². The van der Waals surface area contributed by atoms with Crippen LogP contribution in [-0.2, 0) is 6.18 Å². The third kappa shape index (κ3) is 3.48. The lowest BCUT2D eigenvalue weighted by Gasteiger charge is -2.31. The van der Waals surface area contributed by atoms with Crippen LogP contribution < -0.4 is 0 Å². The number of hydrogen-bond donors (Lipinski definition) is 0. The number of hydrogen-bond acceptors (Lipinski definition) is 1. The first kappa shape index (κ1) is 16.1. The number of carbonyl (C=O) groups excluding carboxylic acids is 1. The van der Waals surface area contributed by atoms with Crippen molar-refractivity contribution >= 4 is 17.5 Å². The molecule has 0 bridgehead atoms. The zero-order valence-electron chi connectivity index (χ0n) is 11.1. The van der Waals surface area contributed by atoms with E-state index in [1.165, 1.54) is 4.90 Å². The van der Waals surface area contributed by atoms with Crippen LogP contribution in [0.25, 0.3) is 0 Å². The lowest BCUT2D eigenvalue weighted by molar-refractivity contribution is -0.140. The van der Waals surface area contributed by atoms with E-state index in [1.54, 1.807) is 0 Å². The maximum atomic E-state index is 13.9. The fourth-order valence-corrected chi connectivity index (χ4v) is 2.69. The van der Waals surface area contributed by atoms with Gasteiger partial charge in [-0.2, -0.15) is 13.2 Å². The van der Waals surface area contributed by atoms with E-state index in [1.807, 2.05) is 0 Å². The Morgan fingerprint density at radius 2 is 1.90 bits per heavy atom. The van der Waals surface area contributed by atoms with Gasteiger partial charge in [0.25, 0.3) is 5.91 Å². The highest BCUT2D eigenvalue weighted by atomic mass is 35.5. The molecule has 21 heavy (non-hydrogen) atoms. The van der Waals surface area contributed by atoms with E-state index in [2.05, 4.69) is 0 Å². The average molecular weight is 324 g/mol. The number of rotatable bonds is 2. The second-order valence-electron chi connectivity index (χ2n) is 5.05. The average Bonchev–Trinajstić information content (AvgIpc) is 2.45. The van der Waals surface area contributed by atoms with E-state index in [9.17, 15) is 22.4 Å². The molecule has 1 heterocycles. The maximum absolute atomic E-state index is 13.9. The number of carbonyl (C=O) groups is 1. The number of amides is 1. The van der Waals surface area contributed by atoms with Gasteiger partial charge in [0, 0.05) is 19.0 Å². The first-order valence-electron chi connectivity index (χ1n) is 6.55. The fraction of sp³-hybridized carbons (Fsp3) is 0.500. The fourth-order valence-electron chi connectivity index (χ4n) is 2.38. The third-order valence-corrected chi connectivity index (χ3v) is 4.09. The zero-order valence-corrected chi connectivity index (χ0v) is 11.8. The molecule has 1 aromatic rings. The molecule has 1 saturated heterocycles. The van der Waals surface area contributed by atoms with Crippen molar-refractivity contribution in [3.05, 3.63) is 35.1 Å². The minimum atomic E-state index is -4.81. The van der Waals surface area contributed by atoms with Gasteiger partial charge in [-0.3, -0.25) is 4.79 Å². The molecule has 2 rings (SSSR count). The molecule has 0 radical (unpaired) electrons. The van der Waals surface area contributed by atoms with Gasteiger partial charge in [-0.1, -0.05) is 6.07 Å². The Balaban J connectivity index is 2.21. The monoisotopic (exact) mass is 323 g/mol. The molecule has 7 heteroatoms. The van der Waals surface area contributed by atoms with Crippen LogP contribution in [-0.4, -0.2) is 29.8 Å². The topological polar surface area (TPSA) is 20.3 Å². The van der Waals surface area contributed by atoms with Crippen LogP contribution in [0.5, 0.6) is 0 Å². The van der Waals surface area contributed by atoms with Gasteiger partial charge in [-0.15, -0.1) is 11.6 Å². The summed E-state index contributed by atoms with van der Waals surface area (Å²) in [6.45, 7) is 0.762. The van der Waals surface area contributed by atoms with E-state index in [4.69, 9.17) is 11.6 Å². The van der Waals surface area contributed by atoms with Gasteiger partial charge in [-0.25, -0.2) is 4.39 Å². The Morgan fingerprint density at radius 3 is 2.43 bits per heavy atom. The van der Waals surface area contributed by atoms with Gasteiger partial charge < -0.3 is 4.90 Å². The molecule has 0 saturated carbocycles. The molecule has 1 aliphatic rings. The maximum Gasteiger partial charge on any atom is 0.419 e. The van der Waals surface area contributed by atoms with Crippen LogP contribution in [0.1, 0.15) is 28.8 Å². The van der Waals surface area contributed by atoms with E-state index in [-0.39, 0.29) is 0 Å². The first-order chi connectivity index (χ1) is 9.84. The number of piperidine rings is 1. The summed E-state index contributed by atoms with van der Waals surface area (Å²) >= 11 is 5.73. The van der Waals surface area contributed by atoms with Crippen LogP contribution in [0, 0.1) is 11.7 Å². The molecule has 0 aromatic heterocycles. The standard InChI is InChI=1S/C14H14ClF4NO/c15-8-9-4-6-20(7-5-9)13(21)10-2-1-3-11(12(10)16)14(17,18)19/h1-3,9H,4-8H2. The van der Waals surface area contributed by atoms with Crippen molar-refractivity contribution in [2.75, 3.05) is 19.0 Å². The summed E-state index contributed by atoms with van der Waals surface area (Å²) < 4.78 is 51.9. The van der Waals surface area contributed by atoms with Crippen LogP contribution >= 0.6 is 11.6 Å². The highest BCUT2D eigenvalue weighted by Gasteiger charge is 2.36. The Morgan fingerprint density at radius 1 is 1.29 bits per heavy atom. The molecule has 0 atom stereocenters. The molecule has 0 N–H and O–H groups in total. The SMILES string of the molecule is O=C(c1cccc(C(F)(F)F)c1F)N1CCC(CCl)CC1. The highest BCUT2D eigenvalue weighted by Crippen LogP contribution is 2.33. The largest absolute Gasteiger partial charge is 0.419 e. The lowest BCUT2D eigenvalue weighted by Crippen LogP contribution is -2.39. The Bertz CT molecular complexity index is 524. The number of alkyl halides is 4. The Labute approximate surface area is 124 Å². The van der Waals surface area contributed by atoms with E-state index < -0.39 is 29.0 Å². The molecule has 0 spiro atoms. The van der Waals surface area contributed by atoms with Crippen LogP contribution in [0.4, 0.5) is 17.6 Å². The smallest absolute Gasteiger partial charge is 0.339 e. The van der Waals surface area contributed by atoms with Crippen LogP contribution in [0.2, 0.25) is 0 Å². The summed E-state index contributed by atoms with van der Waals surface area (Å²) in [5.41, 5.74) is -1.95. The number of benzene rings is 1. The molecular formula is C14H14ClF4NO. The van der Waals surface area contributed by atoms with Gasteiger partial charge in [0.15, 0.2) is 0 Å². The van der Waals surface area contributed by atoms with Crippen molar-refractivity contribution in [3.63, 3.8) is 0 Å². The number of halogens is 5. The molecule has 1 aromatic carbocycles. The van der Waals surface area contributed by atoms with Crippen molar-refractivity contribution < 1.29 is 22.4 Å². The van der Waals surface area contributed by atoms with Crippen molar-refractivity contribution in [1.82, 2.24) is 4.90 Å². The summed E-state index contributed by atoms with van der Waals surface area (Å²) in [4.78, 5) is 13.6. The Hall–Kier alpha value is -1.30. The summed E-state index contributed by atoms with van der Waals surface area (Å²) in [5, 5.41) is 0.